The first-order valence-corrected chi connectivity index (χ1v) is 5.54. The molecule has 0 atom stereocenters. The number of hydrogen-bond acceptors (Lipinski definition) is 6. The molecule has 2 rings (SSSR count). The van der Waals surface area contributed by atoms with Crippen LogP contribution < -0.4 is 5.32 Å². The van der Waals surface area contributed by atoms with Crippen LogP contribution >= 0.6 is 11.3 Å². The van der Waals surface area contributed by atoms with E-state index in [2.05, 4.69) is 20.3 Å². The Morgan fingerprint density at radius 1 is 1.50 bits per heavy atom. The molecule has 0 spiro atoms. The van der Waals surface area contributed by atoms with Crippen molar-refractivity contribution in [3.63, 3.8) is 0 Å². The molecule has 0 amide bonds. The van der Waals surface area contributed by atoms with Crippen LogP contribution in [0.4, 0.5) is 5.95 Å². The van der Waals surface area contributed by atoms with Gasteiger partial charge in [-0.25, -0.2) is 15.0 Å². The summed E-state index contributed by atoms with van der Waals surface area (Å²) in [6, 6.07) is 3.53. The highest BCUT2D eigenvalue weighted by atomic mass is 32.1. The van der Waals surface area contributed by atoms with E-state index in [-0.39, 0.29) is 0 Å². The zero-order valence-corrected chi connectivity index (χ0v) is 9.45. The second-order valence-electron chi connectivity index (χ2n) is 3.09. The van der Waals surface area contributed by atoms with E-state index in [4.69, 9.17) is 5.26 Å². The first-order valence-electron chi connectivity index (χ1n) is 4.66. The molecule has 80 valence electrons. The molecule has 16 heavy (non-hydrogen) atoms. The molecule has 0 saturated heterocycles. The Hall–Kier alpha value is -2.00. The van der Waals surface area contributed by atoms with Gasteiger partial charge in [-0.15, -0.1) is 11.3 Å². The Bertz CT molecular complexity index is 528. The Morgan fingerprint density at radius 3 is 3.06 bits per heavy atom. The molecule has 2 aromatic heterocycles. The highest BCUT2D eigenvalue weighted by Gasteiger charge is 2.00. The number of aromatic nitrogens is 3. The summed E-state index contributed by atoms with van der Waals surface area (Å²) in [6.45, 7) is 2.53. The van der Waals surface area contributed by atoms with E-state index in [9.17, 15) is 0 Å². The van der Waals surface area contributed by atoms with Gasteiger partial charge < -0.3 is 5.32 Å². The lowest BCUT2D eigenvalue weighted by atomic mass is 10.4. The minimum Gasteiger partial charge on any atom is -0.349 e. The Morgan fingerprint density at radius 2 is 2.38 bits per heavy atom. The van der Waals surface area contributed by atoms with E-state index in [1.165, 1.54) is 0 Å². The normalized spacial score (nSPS) is 9.75. The Balaban J connectivity index is 2.02. The van der Waals surface area contributed by atoms with Crippen LogP contribution in [0.1, 0.15) is 16.4 Å². The molecule has 2 heterocycles. The van der Waals surface area contributed by atoms with E-state index in [1.807, 2.05) is 18.4 Å². The van der Waals surface area contributed by atoms with Crippen molar-refractivity contribution in [2.24, 2.45) is 0 Å². The topological polar surface area (TPSA) is 74.5 Å². The summed E-state index contributed by atoms with van der Waals surface area (Å²) in [4.78, 5) is 12.3. The average molecular weight is 231 g/mol. The van der Waals surface area contributed by atoms with Gasteiger partial charge >= 0.3 is 0 Å². The van der Waals surface area contributed by atoms with Crippen LogP contribution in [0.15, 0.2) is 17.6 Å². The molecule has 1 N–H and O–H groups in total. The molecule has 0 radical (unpaired) electrons. The smallest absolute Gasteiger partial charge is 0.224 e. The van der Waals surface area contributed by atoms with Crippen molar-refractivity contribution in [3.8, 4) is 6.07 Å². The molecule has 0 aliphatic heterocycles. The van der Waals surface area contributed by atoms with Crippen molar-refractivity contribution in [2.75, 3.05) is 5.32 Å². The van der Waals surface area contributed by atoms with Crippen molar-refractivity contribution in [3.05, 3.63) is 34.0 Å². The zero-order valence-electron chi connectivity index (χ0n) is 8.64. The van der Waals surface area contributed by atoms with E-state index >= 15 is 0 Å². The summed E-state index contributed by atoms with van der Waals surface area (Å²) in [5.74, 6) is 0.449. The van der Waals surface area contributed by atoms with Crippen molar-refractivity contribution in [2.45, 2.75) is 13.5 Å². The highest BCUT2D eigenvalue weighted by Crippen LogP contribution is 2.09. The molecule has 2 aromatic rings. The van der Waals surface area contributed by atoms with Crippen LogP contribution in [0.3, 0.4) is 0 Å². The predicted octanol–water partition coefficient (Wildman–Crippen LogP) is 1.73. The second kappa shape index (κ2) is 4.68. The molecule has 0 aliphatic carbocycles. The number of nitrogens with zero attached hydrogens (tertiary/aromatic N) is 4. The van der Waals surface area contributed by atoms with Crippen LogP contribution in [-0.2, 0) is 6.54 Å². The van der Waals surface area contributed by atoms with Gasteiger partial charge in [0.1, 0.15) is 11.8 Å². The molecule has 0 unspecified atom stereocenters. The van der Waals surface area contributed by atoms with Gasteiger partial charge in [-0.1, -0.05) is 0 Å². The molecular weight excluding hydrogens is 222 g/mol. The third-order valence-corrected chi connectivity index (χ3v) is 2.69. The number of nitriles is 1. The van der Waals surface area contributed by atoms with Gasteiger partial charge in [0, 0.05) is 11.6 Å². The van der Waals surface area contributed by atoms with Gasteiger partial charge in [-0.3, -0.25) is 0 Å². The fraction of sp³-hybridized carbons (Fsp3) is 0.200. The van der Waals surface area contributed by atoms with E-state index in [0.717, 1.165) is 10.7 Å². The van der Waals surface area contributed by atoms with Gasteiger partial charge in [0.2, 0.25) is 5.95 Å². The fourth-order valence-corrected chi connectivity index (χ4v) is 1.78. The quantitative estimate of drug-likeness (QED) is 0.870. The van der Waals surface area contributed by atoms with E-state index in [1.54, 1.807) is 23.6 Å². The number of thiazole rings is 1. The molecular formula is C10H9N5S. The van der Waals surface area contributed by atoms with Crippen LogP contribution in [0.25, 0.3) is 0 Å². The van der Waals surface area contributed by atoms with Gasteiger partial charge in [0.25, 0.3) is 0 Å². The molecule has 5 nitrogen and oxygen atoms in total. The van der Waals surface area contributed by atoms with Crippen LogP contribution in [0, 0.1) is 18.3 Å². The van der Waals surface area contributed by atoms with E-state index in [0.29, 0.717) is 18.2 Å². The first kappa shape index (κ1) is 10.5. The fourth-order valence-electron chi connectivity index (χ4n) is 1.17. The largest absolute Gasteiger partial charge is 0.349 e. The average Bonchev–Trinajstić information content (AvgIpc) is 2.73. The summed E-state index contributed by atoms with van der Waals surface area (Å²) in [5, 5.41) is 14.7. The maximum absolute atomic E-state index is 8.67. The molecule has 0 aliphatic rings. The van der Waals surface area contributed by atoms with Gasteiger partial charge in [0.15, 0.2) is 0 Å². The summed E-state index contributed by atoms with van der Waals surface area (Å²) < 4.78 is 0. The lowest BCUT2D eigenvalue weighted by Crippen LogP contribution is -2.04. The molecule has 0 bridgehead atoms. The molecule has 6 heteroatoms. The summed E-state index contributed by atoms with van der Waals surface area (Å²) >= 11 is 1.60. The first-order chi connectivity index (χ1) is 7.78. The highest BCUT2D eigenvalue weighted by molar-refractivity contribution is 7.09. The molecule has 0 fully saturated rings. The van der Waals surface area contributed by atoms with Crippen molar-refractivity contribution >= 4 is 17.3 Å². The Kier molecular flexibility index (Phi) is 3.08. The molecule has 0 saturated carbocycles. The van der Waals surface area contributed by atoms with Gasteiger partial charge in [-0.05, 0) is 13.0 Å². The van der Waals surface area contributed by atoms with Crippen LogP contribution in [-0.4, -0.2) is 15.0 Å². The maximum atomic E-state index is 8.67. The standard InChI is InChI=1S/C10H9N5S/c1-7-14-9(6-16-7)5-13-10-12-3-2-8(4-11)15-10/h2-3,6H,5H2,1H3,(H,12,13,15). The number of rotatable bonds is 3. The van der Waals surface area contributed by atoms with Crippen molar-refractivity contribution < 1.29 is 0 Å². The summed E-state index contributed by atoms with van der Waals surface area (Å²) in [5.41, 5.74) is 1.31. The zero-order chi connectivity index (χ0) is 11.4. The number of nitrogens with one attached hydrogen (secondary N) is 1. The van der Waals surface area contributed by atoms with E-state index < -0.39 is 0 Å². The number of anilines is 1. The van der Waals surface area contributed by atoms with Crippen molar-refractivity contribution in [1.29, 1.82) is 5.26 Å². The minimum absolute atomic E-state index is 0.354. The van der Waals surface area contributed by atoms with Crippen LogP contribution in [0.2, 0.25) is 0 Å². The number of hydrogen-bond donors (Lipinski definition) is 1. The summed E-state index contributed by atoms with van der Waals surface area (Å²) in [7, 11) is 0. The third-order valence-electron chi connectivity index (χ3n) is 1.86. The predicted molar refractivity (Wildman–Crippen MR) is 60.9 cm³/mol. The monoisotopic (exact) mass is 231 g/mol. The third kappa shape index (κ3) is 2.52. The van der Waals surface area contributed by atoms with Gasteiger partial charge in [0.05, 0.1) is 17.2 Å². The maximum Gasteiger partial charge on any atom is 0.224 e. The van der Waals surface area contributed by atoms with Crippen LogP contribution in [0.5, 0.6) is 0 Å². The van der Waals surface area contributed by atoms with Gasteiger partial charge in [-0.2, -0.15) is 5.26 Å². The number of aryl methyl sites for hydroxylation is 1. The SMILES string of the molecule is Cc1nc(CNc2nccc(C#N)n2)cs1. The minimum atomic E-state index is 0.354. The summed E-state index contributed by atoms with van der Waals surface area (Å²) in [6.07, 6.45) is 1.56. The Labute approximate surface area is 96.8 Å². The lowest BCUT2D eigenvalue weighted by Gasteiger charge is -2.01. The second-order valence-corrected chi connectivity index (χ2v) is 4.15. The molecule has 0 aromatic carbocycles. The lowest BCUT2D eigenvalue weighted by molar-refractivity contribution is 1.00. The van der Waals surface area contributed by atoms with Crippen molar-refractivity contribution in [1.82, 2.24) is 15.0 Å².